The molecule has 0 amide bonds. The van der Waals surface area contributed by atoms with Crippen LogP contribution >= 0.6 is 0 Å². The Morgan fingerprint density at radius 3 is 3.00 bits per heavy atom. The number of nitrogens with zero attached hydrogens (tertiary/aromatic N) is 3. The van der Waals surface area contributed by atoms with Crippen molar-refractivity contribution in [1.29, 1.82) is 0 Å². The fourth-order valence-corrected chi connectivity index (χ4v) is 1.62. The molecule has 1 saturated heterocycles. The molecule has 1 aromatic heterocycles. The van der Waals surface area contributed by atoms with Crippen molar-refractivity contribution < 1.29 is 4.52 Å². The van der Waals surface area contributed by atoms with Gasteiger partial charge in [0, 0.05) is 0 Å². The second-order valence-electron chi connectivity index (χ2n) is 3.13. The van der Waals surface area contributed by atoms with Crippen molar-refractivity contribution in [3.63, 3.8) is 0 Å². The summed E-state index contributed by atoms with van der Waals surface area (Å²) in [6.07, 6.45) is 2.28. The van der Waals surface area contributed by atoms with Crippen molar-refractivity contribution in [2.45, 2.75) is 18.9 Å². The van der Waals surface area contributed by atoms with Crippen LogP contribution < -0.4 is 5.73 Å². The second-order valence-corrected chi connectivity index (χ2v) is 3.13. The molecular weight excluding hydrogens is 156 g/mol. The van der Waals surface area contributed by atoms with Gasteiger partial charge >= 0.3 is 6.01 Å². The lowest BCUT2D eigenvalue weighted by Gasteiger charge is -2.14. The number of nitrogen functional groups attached to an aromatic ring is 1. The Morgan fingerprint density at radius 1 is 1.67 bits per heavy atom. The standard InChI is InChI=1S/C7H12N4O/c1-11-4-2-3-5(11)6-9-7(8)12-10-6/h5H,2-4H2,1H3,(H2,8,9,10). The summed E-state index contributed by atoms with van der Waals surface area (Å²) in [4.78, 5) is 6.21. The molecule has 1 aliphatic heterocycles. The predicted octanol–water partition coefficient (Wildman–Crippen LogP) is 0.418. The molecular formula is C7H12N4O. The first-order valence-corrected chi connectivity index (χ1v) is 4.06. The highest BCUT2D eigenvalue weighted by atomic mass is 16.5. The highest BCUT2D eigenvalue weighted by Crippen LogP contribution is 2.28. The molecule has 2 heterocycles. The van der Waals surface area contributed by atoms with Crippen molar-refractivity contribution in [2.24, 2.45) is 0 Å². The minimum absolute atomic E-state index is 0.158. The van der Waals surface area contributed by atoms with Gasteiger partial charge in [-0.25, -0.2) is 0 Å². The van der Waals surface area contributed by atoms with Gasteiger partial charge in [0.2, 0.25) is 0 Å². The third-order valence-electron chi connectivity index (χ3n) is 2.28. The number of aromatic nitrogens is 2. The van der Waals surface area contributed by atoms with Gasteiger partial charge in [-0.3, -0.25) is 4.90 Å². The fraction of sp³-hybridized carbons (Fsp3) is 0.714. The summed E-state index contributed by atoms with van der Waals surface area (Å²) in [6.45, 7) is 1.10. The minimum Gasteiger partial charge on any atom is -0.351 e. The number of rotatable bonds is 1. The molecule has 0 spiro atoms. The normalized spacial score (nSPS) is 24.9. The van der Waals surface area contributed by atoms with Crippen molar-refractivity contribution in [3.8, 4) is 0 Å². The maximum atomic E-state index is 5.33. The van der Waals surface area contributed by atoms with Crippen LogP contribution in [0.3, 0.4) is 0 Å². The van der Waals surface area contributed by atoms with Gasteiger partial charge in [0.15, 0.2) is 5.82 Å². The minimum atomic E-state index is 0.158. The fourth-order valence-electron chi connectivity index (χ4n) is 1.62. The zero-order chi connectivity index (χ0) is 8.55. The molecule has 5 heteroatoms. The van der Waals surface area contributed by atoms with E-state index < -0.39 is 0 Å². The van der Waals surface area contributed by atoms with Gasteiger partial charge in [-0.15, -0.1) is 0 Å². The number of hydrogen-bond donors (Lipinski definition) is 1. The van der Waals surface area contributed by atoms with Gasteiger partial charge in [0.05, 0.1) is 6.04 Å². The maximum absolute atomic E-state index is 5.33. The molecule has 2 N–H and O–H groups in total. The third-order valence-corrected chi connectivity index (χ3v) is 2.28. The van der Waals surface area contributed by atoms with Crippen LogP contribution in [0.1, 0.15) is 24.7 Å². The van der Waals surface area contributed by atoms with Crippen LogP contribution in [0, 0.1) is 0 Å². The van der Waals surface area contributed by atoms with E-state index in [0.717, 1.165) is 13.0 Å². The Kier molecular flexibility index (Phi) is 1.73. The summed E-state index contributed by atoms with van der Waals surface area (Å²) in [6, 6.07) is 0.455. The van der Waals surface area contributed by atoms with E-state index in [9.17, 15) is 0 Å². The molecule has 1 atom stereocenters. The van der Waals surface area contributed by atoms with Gasteiger partial charge in [-0.2, -0.15) is 4.98 Å². The molecule has 2 rings (SSSR count). The van der Waals surface area contributed by atoms with E-state index in [-0.39, 0.29) is 6.01 Å². The second kappa shape index (κ2) is 2.75. The lowest BCUT2D eigenvalue weighted by atomic mass is 10.2. The number of hydrogen-bond acceptors (Lipinski definition) is 5. The number of nitrogens with two attached hydrogens (primary N) is 1. The molecule has 0 aromatic carbocycles. The molecule has 5 nitrogen and oxygen atoms in total. The van der Waals surface area contributed by atoms with Crippen molar-refractivity contribution in [2.75, 3.05) is 19.3 Å². The van der Waals surface area contributed by atoms with Crippen LogP contribution in [-0.2, 0) is 0 Å². The highest BCUT2D eigenvalue weighted by molar-refractivity contribution is 5.10. The summed E-state index contributed by atoms with van der Waals surface area (Å²) in [5, 5.41) is 3.80. The lowest BCUT2D eigenvalue weighted by Crippen LogP contribution is -2.18. The van der Waals surface area contributed by atoms with E-state index in [4.69, 9.17) is 10.3 Å². The zero-order valence-electron chi connectivity index (χ0n) is 7.03. The SMILES string of the molecule is CN1CCCC1c1noc(N)n1. The molecule has 0 saturated carbocycles. The van der Waals surface area contributed by atoms with E-state index in [1.165, 1.54) is 6.42 Å². The Bertz CT molecular complexity index is 272. The third kappa shape index (κ3) is 1.16. The quantitative estimate of drug-likeness (QED) is 0.658. The molecule has 1 unspecified atom stereocenters. The Morgan fingerprint density at radius 2 is 2.50 bits per heavy atom. The monoisotopic (exact) mass is 168 g/mol. The van der Waals surface area contributed by atoms with Gasteiger partial charge in [-0.05, 0) is 26.4 Å². The van der Waals surface area contributed by atoms with Crippen LogP contribution in [0.4, 0.5) is 6.01 Å². The van der Waals surface area contributed by atoms with Crippen molar-refractivity contribution >= 4 is 6.01 Å². The lowest BCUT2D eigenvalue weighted by molar-refractivity contribution is 0.295. The molecule has 0 aliphatic carbocycles. The molecule has 0 radical (unpaired) electrons. The van der Waals surface area contributed by atoms with E-state index >= 15 is 0 Å². The summed E-state index contributed by atoms with van der Waals surface area (Å²) in [7, 11) is 2.06. The van der Waals surface area contributed by atoms with Gasteiger partial charge in [0.1, 0.15) is 0 Å². The average molecular weight is 168 g/mol. The van der Waals surface area contributed by atoms with Gasteiger partial charge in [-0.1, -0.05) is 5.16 Å². The maximum Gasteiger partial charge on any atom is 0.318 e. The van der Waals surface area contributed by atoms with Crippen LogP contribution in [0.2, 0.25) is 0 Å². The van der Waals surface area contributed by atoms with E-state index in [1.807, 2.05) is 0 Å². The Labute approximate surface area is 70.5 Å². The molecule has 66 valence electrons. The van der Waals surface area contributed by atoms with Gasteiger partial charge in [0.25, 0.3) is 0 Å². The Hall–Kier alpha value is -1.10. The van der Waals surface area contributed by atoms with E-state index in [2.05, 4.69) is 22.1 Å². The first-order valence-electron chi connectivity index (χ1n) is 4.06. The van der Waals surface area contributed by atoms with Crippen molar-refractivity contribution in [3.05, 3.63) is 5.82 Å². The topological polar surface area (TPSA) is 68.2 Å². The predicted molar refractivity (Wildman–Crippen MR) is 43.3 cm³/mol. The molecule has 12 heavy (non-hydrogen) atoms. The number of likely N-dealkylation sites (tertiary alicyclic amines) is 1. The average Bonchev–Trinajstić information content (AvgIpc) is 2.58. The first kappa shape index (κ1) is 7.54. The molecule has 1 aromatic rings. The van der Waals surface area contributed by atoms with Crippen LogP contribution in [0.25, 0.3) is 0 Å². The van der Waals surface area contributed by atoms with Crippen LogP contribution in [-0.4, -0.2) is 28.6 Å². The van der Waals surface area contributed by atoms with E-state index in [0.29, 0.717) is 11.9 Å². The smallest absolute Gasteiger partial charge is 0.318 e. The summed E-state index contributed by atoms with van der Waals surface area (Å²) < 4.78 is 4.72. The molecule has 1 aliphatic rings. The summed E-state index contributed by atoms with van der Waals surface area (Å²) in [5.41, 5.74) is 5.33. The largest absolute Gasteiger partial charge is 0.351 e. The van der Waals surface area contributed by atoms with E-state index in [1.54, 1.807) is 0 Å². The molecule has 1 fully saturated rings. The van der Waals surface area contributed by atoms with Gasteiger partial charge < -0.3 is 10.3 Å². The summed E-state index contributed by atoms with van der Waals surface area (Å²) in [5.74, 6) is 0.715. The Balaban J connectivity index is 2.19. The highest BCUT2D eigenvalue weighted by Gasteiger charge is 2.26. The van der Waals surface area contributed by atoms with Crippen LogP contribution in [0.15, 0.2) is 4.52 Å². The zero-order valence-corrected chi connectivity index (χ0v) is 7.03. The van der Waals surface area contributed by atoms with Crippen LogP contribution in [0.5, 0.6) is 0 Å². The van der Waals surface area contributed by atoms with Crippen molar-refractivity contribution in [1.82, 2.24) is 15.0 Å². The number of anilines is 1. The first-order chi connectivity index (χ1) is 5.77. The summed E-state index contributed by atoms with van der Waals surface area (Å²) >= 11 is 0. The molecule has 0 bridgehead atoms.